The maximum atomic E-state index is 8.90. The predicted molar refractivity (Wildman–Crippen MR) is 57.2 cm³/mol. The highest BCUT2D eigenvalue weighted by atomic mass is 16.3. The van der Waals surface area contributed by atoms with Gasteiger partial charge >= 0.3 is 0 Å². The molecule has 0 aliphatic carbocycles. The number of aliphatic hydroxyl groups is 1. The molecule has 1 aliphatic rings. The SMILES string of the molecule is N[C@H]1CCN(c2ccc(CO)cc2)C1. The molecule has 0 aromatic heterocycles. The fourth-order valence-corrected chi connectivity index (χ4v) is 1.83. The van der Waals surface area contributed by atoms with Crippen LogP contribution in [0.1, 0.15) is 12.0 Å². The molecule has 1 saturated heterocycles. The van der Waals surface area contributed by atoms with Crippen LogP contribution in [-0.4, -0.2) is 24.2 Å². The molecule has 3 heteroatoms. The lowest BCUT2D eigenvalue weighted by molar-refractivity contribution is 0.282. The van der Waals surface area contributed by atoms with Crippen molar-refractivity contribution in [1.29, 1.82) is 0 Å². The summed E-state index contributed by atoms with van der Waals surface area (Å²) in [6.45, 7) is 2.10. The second kappa shape index (κ2) is 3.98. The molecule has 0 bridgehead atoms. The fourth-order valence-electron chi connectivity index (χ4n) is 1.83. The standard InChI is InChI=1S/C11H16N2O/c12-10-5-6-13(7-10)11-3-1-9(8-14)2-4-11/h1-4,10,14H,5-8,12H2/t10-/m0/s1. The van der Waals surface area contributed by atoms with Crippen LogP contribution in [0.15, 0.2) is 24.3 Å². The summed E-state index contributed by atoms with van der Waals surface area (Å²) < 4.78 is 0. The highest BCUT2D eigenvalue weighted by molar-refractivity contribution is 5.48. The molecule has 1 fully saturated rings. The molecular weight excluding hydrogens is 176 g/mol. The van der Waals surface area contributed by atoms with E-state index in [4.69, 9.17) is 10.8 Å². The van der Waals surface area contributed by atoms with Crippen molar-refractivity contribution in [3.8, 4) is 0 Å². The van der Waals surface area contributed by atoms with Crippen molar-refractivity contribution in [3.63, 3.8) is 0 Å². The van der Waals surface area contributed by atoms with Crippen LogP contribution in [0.2, 0.25) is 0 Å². The molecule has 0 spiro atoms. The molecule has 76 valence electrons. The molecule has 1 aliphatic heterocycles. The Morgan fingerprint density at radius 2 is 2.07 bits per heavy atom. The number of anilines is 1. The predicted octanol–water partition coefficient (Wildman–Crippen LogP) is 0.716. The maximum absolute atomic E-state index is 8.90. The van der Waals surface area contributed by atoms with Gasteiger partial charge in [-0.05, 0) is 24.1 Å². The summed E-state index contributed by atoms with van der Waals surface area (Å²) in [4.78, 5) is 2.28. The van der Waals surface area contributed by atoms with E-state index in [0.29, 0.717) is 6.04 Å². The van der Waals surface area contributed by atoms with Crippen LogP contribution in [0.25, 0.3) is 0 Å². The van der Waals surface area contributed by atoms with Crippen molar-refractivity contribution >= 4 is 5.69 Å². The van der Waals surface area contributed by atoms with Gasteiger partial charge in [0.2, 0.25) is 0 Å². The average Bonchev–Trinajstić information content (AvgIpc) is 2.65. The lowest BCUT2D eigenvalue weighted by Crippen LogP contribution is -2.26. The van der Waals surface area contributed by atoms with Gasteiger partial charge in [-0.1, -0.05) is 12.1 Å². The van der Waals surface area contributed by atoms with E-state index in [-0.39, 0.29) is 6.61 Å². The van der Waals surface area contributed by atoms with Crippen LogP contribution in [0, 0.1) is 0 Å². The van der Waals surface area contributed by atoms with Gasteiger partial charge in [-0.15, -0.1) is 0 Å². The van der Waals surface area contributed by atoms with Gasteiger partial charge in [0, 0.05) is 24.8 Å². The zero-order valence-corrected chi connectivity index (χ0v) is 8.19. The summed E-state index contributed by atoms with van der Waals surface area (Å²) in [7, 11) is 0. The number of rotatable bonds is 2. The van der Waals surface area contributed by atoms with Gasteiger partial charge < -0.3 is 15.7 Å². The van der Waals surface area contributed by atoms with Crippen LogP contribution in [0.5, 0.6) is 0 Å². The number of benzene rings is 1. The van der Waals surface area contributed by atoms with E-state index < -0.39 is 0 Å². The minimum atomic E-state index is 0.111. The van der Waals surface area contributed by atoms with Crippen LogP contribution in [-0.2, 0) is 6.61 Å². The topological polar surface area (TPSA) is 49.5 Å². The van der Waals surface area contributed by atoms with Crippen molar-refractivity contribution in [1.82, 2.24) is 0 Å². The van der Waals surface area contributed by atoms with Gasteiger partial charge in [0.15, 0.2) is 0 Å². The molecule has 3 nitrogen and oxygen atoms in total. The molecule has 0 saturated carbocycles. The Morgan fingerprint density at radius 3 is 2.57 bits per heavy atom. The first-order valence-electron chi connectivity index (χ1n) is 5.00. The summed E-state index contributed by atoms with van der Waals surface area (Å²) in [6.07, 6.45) is 1.07. The van der Waals surface area contributed by atoms with Gasteiger partial charge in [0.05, 0.1) is 6.61 Å². The highest BCUT2D eigenvalue weighted by Gasteiger charge is 2.18. The van der Waals surface area contributed by atoms with Crippen molar-refractivity contribution in [2.45, 2.75) is 19.1 Å². The Balaban J connectivity index is 2.09. The molecule has 0 amide bonds. The molecule has 14 heavy (non-hydrogen) atoms. The third-order valence-corrected chi connectivity index (χ3v) is 2.71. The Labute approximate surface area is 84.1 Å². The van der Waals surface area contributed by atoms with Gasteiger partial charge in [-0.3, -0.25) is 0 Å². The summed E-state index contributed by atoms with van der Waals surface area (Å²) in [5.74, 6) is 0. The van der Waals surface area contributed by atoms with Crippen LogP contribution >= 0.6 is 0 Å². The Hall–Kier alpha value is -1.06. The molecule has 1 aromatic carbocycles. The first-order valence-corrected chi connectivity index (χ1v) is 5.00. The Bertz CT molecular complexity index is 297. The molecule has 1 atom stereocenters. The molecule has 2 rings (SSSR count). The molecular formula is C11H16N2O. The monoisotopic (exact) mass is 192 g/mol. The zero-order chi connectivity index (χ0) is 9.97. The number of hydrogen-bond donors (Lipinski definition) is 2. The van der Waals surface area contributed by atoms with E-state index in [0.717, 1.165) is 25.1 Å². The third-order valence-electron chi connectivity index (χ3n) is 2.71. The third kappa shape index (κ3) is 1.89. The normalized spacial score (nSPS) is 21.6. The summed E-state index contributed by atoms with van der Waals surface area (Å²) in [5.41, 5.74) is 8.00. The molecule has 1 aromatic rings. The lowest BCUT2D eigenvalue weighted by Gasteiger charge is -2.18. The smallest absolute Gasteiger partial charge is 0.0681 e. The van der Waals surface area contributed by atoms with Crippen LogP contribution < -0.4 is 10.6 Å². The van der Waals surface area contributed by atoms with Gasteiger partial charge in [-0.25, -0.2) is 0 Å². The van der Waals surface area contributed by atoms with E-state index in [1.54, 1.807) is 0 Å². The lowest BCUT2D eigenvalue weighted by atomic mass is 10.2. The van der Waals surface area contributed by atoms with Gasteiger partial charge in [0.1, 0.15) is 0 Å². The average molecular weight is 192 g/mol. The molecule has 1 heterocycles. The van der Waals surface area contributed by atoms with Crippen molar-refractivity contribution in [2.75, 3.05) is 18.0 Å². The van der Waals surface area contributed by atoms with E-state index in [9.17, 15) is 0 Å². The van der Waals surface area contributed by atoms with Crippen LogP contribution in [0.4, 0.5) is 5.69 Å². The van der Waals surface area contributed by atoms with Crippen molar-refractivity contribution in [3.05, 3.63) is 29.8 Å². The molecule has 0 unspecified atom stereocenters. The van der Waals surface area contributed by atoms with Crippen molar-refractivity contribution in [2.24, 2.45) is 5.73 Å². The Kier molecular flexibility index (Phi) is 2.70. The summed E-state index contributed by atoms with van der Waals surface area (Å²) in [5, 5.41) is 8.90. The highest BCUT2D eigenvalue weighted by Crippen LogP contribution is 2.19. The minimum absolute atomic E-state index is 0.111. The summed E-state index contributed by atoms with van der Waals surface area (Å²) >= 11 is 0. The number of nitrogens with zero attached hydrogens (tertiary/aromatic N) is 1. The number of nitrogens with two attached hydrogens (primary N) is 1. The second-order valence-electron chi connectivity index (χ2n) is 3.82. The van der Waals surface area contributed by atoms with E-state index >= 15 is 0 Å². The second-order valence-corrected chi connectivity index (χ2v) is 3.82. The Morgan fingerprint density at radius 1 is 1.36 bits per heavy atom. The van der Waals surface area contributed by atoms with Crippen molar-refractivity contribution < 1.29 is 5.11 Å². The summed E-state index contributed by atoms with van der Waals surface area (Å²) in [6, 6.07) is 8.32. The first kappa shape index (κ1) is 9.49. The minimum Gasteiger partial charge on any atom is -0.392 e. The van der Waals surface area contributed by atoms with E-state index in [1.165, 1.54) is 5.69 Å². The fraction of sp³-hybridized carbons (Fsp3) is 0.455. The number of hydrogen-bond acceptors (Lipinski definition) is 3. The van der Waals surface area contributed by atoms with E-state index in [2.05, 4.69) is 4.90 Å². The maximum Gasteiger partial charge on any atom is 0.0681 e. The molecule has 0 radical (unpaired) electrons. The molecule has 3 N–H and O–H groups in total. The quantitative estimate of drug-likeness (QED) is 0.725. The zero-order valence-electron chi connectivity index (χ0n) is 8.19. The van der Waals surface area contributed by atoms with Crippen LogP contribution in [0.3, 0.4) is 0 Å². The van der Waals surface area contributed by atoms with Gasteiger partial charge in [0.25, 0.3) is 0 Å². The first-order chi connectivity index (χ1) is 6.79. The van der Waals surface area contributed by atoms with E-state index in [1.807, 2.05) is 24.3 Å². The van der Waals surface area contributed by atoms with Gasteiger partial charge in [-0.2, -0.15) is 0 Å². The largest absolute Gasteiger partial charge is 0.392 e. The number of aliphatic hydroxyl groups excluding tert-OH is 1.